The smallest absolute Gasteiger partial charge is 0.0199 e. The lowest BCUT2D eigenvalue weighted by Crippen LogP contribution is -1.61. The van der Waals surface area contributed by atoms with Crippen molar-refractivity contribution in [2.45, 2.75) is 7.85 Å². The molecule has 0 aliphatic heterocycles. The molecule has 0 aromatic carbocycles. The zero-order valence-electron chi connectivity index (χ0n) is 2.79. The van der Waals surface area contributed by atoms with Crippen molar-refractivity contribution in [3.8, 4) is 0 Å². The average molecular weight is 419 g/mol. The van der Waals surface area contributed by atoms with E-state index in [1.807, 2.05) is 0 Å². The Hall–Kier alpha value is 2.06. The molecule has 34 valence electrons. The summed E-state index contributed by atoms with van der Waals surface area (Å²) in [4.78, 5) is 0. The summed E-state index contributed by atoms with van der Waals surface area (Å²) < 4.78 is 3.38. The van der Waals surface area contributed by atoms with Gasteiger partial charge in [0.15, 0.2) is 3.92 Å². The molecule has 2 unspecified atom stereocenters. The van der Waals surface area contributed by atoms with Crippen LogP contribution in [0.4, 0.5) is 0 Å². The van der Waals surface area contributed by atoms with Gasteiger partial charge in [0.05, 0.1) is 0 Å². The number of rotatable bonds is 0. The van der Waals surface area contributed by atoms with Crippen LogP contribution in [0.25, 0.3) is 0 Å². The lowest BCUT2D eigenvalue weighted by Gasteiger charge is -1.47. The first kappa shape index (κ1) is 6.18. The molecule has 0 spiro atoms. The zero-order valence-corrected chi connectivity index (χ0v) is 9.26. The third-order valence-electron chi connectivity index (χ3n) is 0.675. The van der Waals surface area contributed by atoms with E-state index in [2.05, 4.69) is 67.8 Å². The molecule has 0 nitrogen and oxygen atoms in total. The second-order valence-corrected chi connectivity index (χ2v) is 5.12. The molecule has 0 aromatic rings. The number of hydrogen-bond donors (Lipinski definition) is 0. The van der Waals surface area contributed by atoms with Crippen LogP contribution in [0.2, 0.25) is 0 Å². The van der Waals surface area contributed by atoms with Crippen LogP contribution in [-0.4, -0.2) is 7.85 Å². The Morgan fingerprint density at radius 2 is 1.33 bits per heavy atom. The first-order valence-corrected chi connectivity index (χ1v) is 5.11. The molecular weight excluding hydrogens is 417 g/mol. The highest BCUT2D eigenvalue weighted by Crippen LogP contribution is 2.51. The van der Waals surface area contributed by atoms with Gasteiger partial charge < -0.3 is 0 Å². The van der Waals surface area contributed by atoms with E-state index in [4.69, 9.17) is 0 Å². The predicted molar refractivity (Wildman–Crippen MR) is 52.9 cm³/mol. The fraction of sp³-hybridized carbons (Fsp3) is 0.667. The van der Waals surface area contributed by atoms with Gasteiger partial charge in [-0.3, -0.25) is 0 Å². The Morgan fingerprint density at radius 3 is 1.33 bits per heavy atom. The van der Waals surface area contributed by atoms with Crippen LogP contribution in [-0.2, 0) is 0 Å². The van der Waals surface area contributed by atoms with Crippen molar-refractivity contribution in [3.05, 3.63) is 3.92 Å². The molecule has 2 atom stereocenters. The SMILES string of the molecule is I[C+]1C(I)C1I. The maximum atomic E-state index is 2.45. The molecule has 3 heteroatoms. The number of hydrogen-bond acceptors (Lipinski definition) is 0. The van der Waals surface area contributed by atoms with Gasteiger partial charge in [0, 0.05) is 0 Å². The molecule has 1 aliphatic rings. The Bertz CT molecular complexity index is 42.8. The molecule has 1 aliphatic carbocycles. The van der Waals surface area contributed by atoms with Gasteiger partial charge in [0.25, 0.3) is 0 Å². The summed E-state index contributed by atoms with van der Waals surface area (Å²) in [6.07, 6.45) is 0. The molecule has 1 fully saturated rings. The highest BCUT2D eigenvalue weighted by atomic mass is 127. The Balaban J connectivity index is 2.31. The Labute approximate surface area is 78.2 Å². The molecule has 0 aromatic heterocycles. The van der Waals surface area contributed by atoms with Gasteiger partial charge in [-0.05, 0) is 45.2 Å². The summed E-state index contributed by atoms with van der Waals surface area (Å²) in [5, 5.41) is 0. The minimum Gasteiger partial charge on any atom is -0.0199 e. The first-order valence-electron chi connectivity index (χ1n) is 1.54. The minimum absolute atomic E-state index is 0.879. The normalized spacial score (nSPS) is 43.5. The van der Waals surface area contributed by atoms with Crippen LogP contribution < -0.4 is 0 Å². The van der Waals surface area contributed by atoms with Crippen molar-refractivity contribution in [1.82, 2.24) is 0 Å². The van der Waals surface area contributed by atoms with Crippen LogP contribution >= 0.6 is 67.8 Å². The summed E-state index contributed by atoms with van der Waals surface area (Å²) in [6.45, 7) is 0. The largest absolute Gasteiger partial charge is 0.218 e. The molecular formula is C3H2I3+. The monoisotopic (exact) mass is 419 g/mol. The van der Waals surface area contributed by atoms with Gasteiger partial charge in [0.2, 0.25) is 30.4 Å². The maximum Gasteiger partial charge on any atom is 0.218 e. The van der Waals surface area contributed by atoms with Crippen molar-refractivity contribution in [3.63, 3.8) is 0 Å². The van der Waals surface area contributed by atoms with Crippen molar-refractivity contribution in [2.75, 3.05) is 0 Å². The molecule has 0 N–H and O–H groups in total. The van der Waals surface area contributed by atoms with Crippen molar-refractivity contribution in [1.29, 1.82) is 0 Å². The second kappa shape index (κ2) is 2.12. The molecule has 1 rings (SSSR count). The minimum atomic E-state index is 0.879. The molecule has 0 radical (unpaired) electrons. The van der Waals surface area contributed by atoms with Crippen LogP contribution in [0.5, 0.6) is 0 Å². The quantitative estimate of drug-likeness (QED) is 0.322. The van der Waals surface area contributed by atoms with E-state index in [0.717, 1.165) is 7.85 Å². The predicted octanol–water partition coefficient (Wildman–Crippen LogP) is 2.57. The molecule has 1 saturated carbocycles. The van der Waals surface area contributed by atoms with Gasteiger partial charge in [0.1, 0.15) is 0 Å². The molecule has 0 heterocycles. The van der Waals surface area contributed by atoms with Crippen LogP contribution in [0.3, 0.4) is 0 Å². The van der Waals surface area contributed by atoms with Gasteiger partial charge >= 0.3 is 0 Å². The van der Waals surface area contributed by atoms with E-state index in [1.165, 1.54) is 0 Å². The van der Waals surface area contributed by atoms with Gasteiger partial charge in [-0.2, -0.15) is 0 Å². The van der Waals surface area contributed by atoms with Crippen LogP contribution in [0, 0.1) is 3.92 Å². The number of halogens is 3. The third-order valence-corrected chi connectivity index (χ3v) is 8.56. The summed E-state index contributed by atoms with van der Waals surface area (Å²) in [5.41, 5.74) is 0. The molecule has 0 bridgehead atoms. The molecule has 0 amide bonds. The fourth-order valence-electron chi connectivity index (χ4n) is 0.176. The maximum absolute atomic E-state index is 2.45. The average Bonchev–Trinajstić information content (AvgIpc) is 1.94. The first-order chi connectivity index (χ1) is 2.73. The van der Waals surface area contributed by atoms with Gasteiger partial charge in [-0.25, -0.2) is 0 Å². The standard InChI is InChI=1S/C3H2I3/c4-1-2(5)3(1)6/h1-2H/q+1. The van der Waals surface area contributed by atoms with E-state index < -0.39 is 0 Å². The zero-order chi connectivity index (χ0) is 4.73. The highest BCUT2D eigenvalue weighted by Gasteiger charge is 2.60. The molecule has 0 saturated heterocycles. The van der Waals surface area contributed by atoms with E-state index >= 15 is 0 Å². The lowest BCUT2D eigenvalue weighted by atomic mass is 11.0. The van der Waals surface area contributed by atoms with Gasteiger partial charge in [-0.15, -0.1) is 0 Å². The van der Waals surface area contributed by atoms with E-state index in [9.17, 15) is 0 Å². The van der Waals surface area contributed by atoms with E-state index in [-0.39, 0.29) is 0 Å². The highest BCUT2D eigenvalue weighted by molar-refractivity contribution is 14.1. The fourth-order valence-corrected chi connectivity index (χ4v) is 3.91. The van der Waals surface area contributed by atoms with Gasteiger partial charge in [-0.1, -0.05) is 0 Å². The number of alkyl halides is 2. The van der Waals surface area contributed by atoms with Crippen molar-refractivity contribution < 1.29 is 0 Å². The van der Waals surface area contributed by atoms with Crippen molar-refractivity contribution >= 4 is 67.8 Å². The van der Waals surface area contributed by atoms with Crippen LogP contribution in [0.1, 0.15) is 0 Å². The summed E-state index contributed by atoms with van der Waals surface area (Å²) in [6, 6.07) is 0. The lowest BCUT2D eigenvalue weighted by molar-refractivity contribution is 1.65. The summed E-state index contributed by atoms with van der Waals surface area (Å²) >= 11 is 7.32. The summed E-state index contributed by atoms with van der Waals surface area (Å²) in [5.74, 6) is 0. The van der Waals surface area contributed by atoms with E-state index in [0.29, 0.717) is 0 Å². The Morgan fingerprint density at radius 1 is 1.17 bits per heavy atom. The topological polar surface area (TPSA) is 0 Å². The Kier molecular flexibility index (Phi) is 2.18. The van der Waals surface area contributed by atoms with Crippen LogP contribution in [0.15, 0.2) is 0 Å². The third kappa shape index (κ3) is 1.07. The second-order valence-electron chi connectivity index (χ2n) is 1.19. The summed E-state index contributed by atoms with van der Waals surface area (Å²) in [7, 11) is 0. The van der Waals surface area contributed by atoms with E-state index in [1.54, 1.807) is 3.92 Å². The molecule has 6 heavy (non-hydrogen) atoms. The van der Waals surface area contributed by atoms with Crippen molar-refractivity contribution in [2.24, 2.45) is 0 Å².